The zero-order valence-corrected chi connectivity index (χ0v) is 14.6. The monoisotopic (exact) mass is 288 g/mol. The van der Waals surface area contributed by atoms with Crippen LogP contribution in [0, 0.1) is 5.92 Å². The van der Waals surface area contributed by atoms with Crippen LogP contribution in [0.25, 0.3) is 0 Å². The smallest absolute Gasteiger partial charge is 0.217 e. The molecule has 4 nitrogen and oxygen atoms in total. The molecule has 1 atom stereocenters. The van der Waals surface area contributed by atoms with E-state index in [0.29, 0.717) is 18.7 Å². The summed E-state index contributed by atoms with van der Waals surface area (Å²) < 4.78 is 0. The first-order chi connectivity index (χ1) is 9.35. The summed E-state index contributed by atoms with van der Waals surface area (Å²) in [5, 5.41) is 2.25. The number of carbonyl (C=O) groups is 2. The van der Waals surface area contributed by atoms with Crippen LogP contribution in [-0.4, -0.2) is 19.4 Å². The Balaban J connectivity index is -0.000000106. The van der Waals surface area contributed by atoms with Crippen molar-refractivity contribution in [2.24, 2.45) is 11.7 Å². The molecule has 122 valence electrons. The number of nitrogens with two attached hydrogens (primary N) is 1. The molecule has 2 amide bonds. The van der Waals surface area contributed by atoms with Crippen LogP contribution in [0.2, 0.25) is 0 Å². The topological polar surface area (TPSA) is 72.2 Å². The lowest BCUT2D eigenvalue weighted by atomic mass is 10.00. The second-order valence-electron chi connectivity index (χ2n) is 4.34. The van der Waals surface area contributed by atoms with Gasteiger partial charge in [-0.25, -0.2) is 0 Å². The molecule has 0 spiro atoms. The fraction of sp³-hybridized carbons (Fsp3) is 0.750. The molecule has 0 bridgehead atoms. The largest absolute Gasteiger partial charge is 0.370 e. The van der Waals surface area contributed by atoms with Crippen molar-refractivity contribution in [2.75, 3.05) is 7.05 Å². The Bertz CT molecular complexity index is 199. The number of hydrogen-bond acceptors (Lipinski definition) is 2. The van der Waals surface area contributed by atoms with Gasteiger partial charge in [0.2, 0.25) is 12.3 Å². The number of primary amides is 1. The van der Waals surface area contributed by atoms with Gasteiger partial charge in [-0.3, -0.25) is 9.59 Å². The molecule has 3 N–H and O–H groups in total. The normalized spacial score (nSPS) is 9.15. The van der Waals surface area contributed by atoms with Gasteiger partial charge in [-0.05, 0) is 19.3 Å². The molecule has 20 heavy (non-hydrogen) atoms. The summed E-state index contributed by atoms with van der Waals surface area (Å²) in [6.45, 7) is 16.1. The van der Waals surface area contributed by atoms with Gasteiger partial charge in [0.1, 0.15) is 0 Å². The van der Waals surface area contributed by atoms with Crippen LogP contribution < -0.4 is 11.1 Å². The first-order valence-electron chi connectivity index (χ1n) is 7.39. The van der Waals surface area contributed by atoms with E-state index in [9.17, 15) is 4.79 Å². The summed E-state index contributed by atoms with van der Waals surface area (Å²) in [6, 6.07) is 0. The molecule has 0 heterocycles. The van der Waals surface area contributed by atoms with Crippen LogP contribution in [0.3, 0.4) is 0 Å². The van der Waals surface area contributed by atoms with E-state index >= 15 is 0 Å². The molecule has 0 saturated heterocycles. The molecule has 0 aromatic carbocycles. The highest BCUT2D eigenvalue weighted by Gasteiger charge is 2.04. The van der Waals surface area contributed by atoms with Gasteiger partial charge in [0.15, 0.2) is 0 Å². The predicted molar refractivity (Wildman–Crippen MR) is 89.5 cm³/mol. The summed E-state index contributed by atoms with van der Waals surface area (Å²) in [4.78, 5) is 19.4. The molecule has 1 unspecified atom stereocenters. The van der Waals surface area contributed by atoms with Gasteiger partial charge in [-0.1, -0.05) is 53.0 Å². The Labute approximate surface area is 126 Å². The summed E-state index contributed by atoms with van der Waals surface area (Å²) in [5.74, 6) is 0.115. The lowest BCUT2D eigenvalue weighted by Crippen LogP contribution is -2.14. The molecular formula is C16H36N2O2. The number of hydrogen-bond donors (Lipinski definition) is 2. The van der Waals surface area contributed by atoms with E-state index < -0.39 is 0 Å². The van der Waals surface area contributed by atoms with Gasteiger partial charge in [-0.2, -0.15) is 0 Å². The summed E-state index contributed by atoms with van der Waals surface area (Å²) in [7, 11) is 1.56. The predicted octanol–water partition coefficient (Wildman–Crippen LogP) is 3.66. The number of unbranched alkanes of at least 4 members (excludes halogenated alkanes) is 1. The van der Waals surface area contributed by atoms with Crippen LogP contribution >= 0.6 is 0 Å². The Hall–Kier alpha value is -1.32. The van der Waals surface area contributed by atoms with Crippen molar-refractivity contribution in [3.63, 3.8) is 0 Å². The van der Waals surface area contributed by atoms with Gasteiger partial charge >= 0.3 is 0 Å². The maximum atomic E-state index is 10.4. The highest BCUT2D eigenvalue weighted by Crippen LogP contribution is 2.11. The number of rotatable bonds is 6. The minimum Gasteiger partial charge on any atom is -0.370 e. The van der Waals surface area contributed by atoms with Crippen molar-refractivity contribution in [1.82, 2.24) is 5.32 Å². The SMILES string of the molecule is C=C(C)CC(C)CC(N)=O.CC.CCCC.CNC=O. The van der Waals surface area contributed by atoms with Crippen molar-refractivity contribution < 1.29 is 9.59 Å². The molecule has 0 aromatic heterocycles. The van der Waals surface area contributed by atoms with Crippen LogP contribution in [0.1, 0.15) is 67.2 Å². The highest BCUT2D eigenvalue weighted by atomic mass is 16.1. The Kier molecular flexibility index (Phi) is 35.6. The third-order valence-corrected chi connectivity index (χ3v) is 1.86. The molecule has 0 rings (SSSR count). The molecule has 0 saturated carbocycles. The average Bonchev–Trinajstić information content (AvgIpc) is 2.39. The van der Waals surface area contributed by atoms with Crippen molar-refractivity contribution in [3.05, 3.63) is 12.2 Å². The Morgan fingerprint density at radius 1 is 1.25 bits per heavy atom. The third kappa shape index (κ3) is 54.4. The number of amides is 2. The van der Waals surface area contributed by atoms with Gasteiger partial charge < -0.3 is 11.1 Å². The van der Waals surface area contributed by atoms with Crippen LogP contribution in [0.4, 0.5) is 0 Å². The third-order valence-electron chi connectivity index (χ3n) is 1.86. The fourth-order valence-electron chi connectivity index (χ4n) is 1.01. The molecule has 0 radical (unpaired) electrons. The lowest BCUT2D eigenvalue weighted by Gasteiger charge is -2.06. The quantitative estimate of drug-likeness (QED) is 0.578. The maximum Gasteiger partial charge on any atom is 0.217 e. The van der Waals surface area contributed by atoms with Crippen molar-refractivity contribution in [3.8, 4) is 0 Å². The first kappa shape index (κ1) is 27.1. The second-order valence-corrected chi connectivity index (χ2v) is 4.34. The average molecular weight is 288 g/mol. The standard InChI is InChI=1S/C8H15NO.C4H10.C2H5NO.C2H6/c1-6(2)4-7(3)5-8(9)10;1-3-4-2;1-3-2-4;1-2/h7H,1,4-5H2,2-3H3,(H2,9,10);3-4H2,1-2H3;2H,1H3,(H,3,4);1-2H3. The number of carbonyl (C=O) groups excluding carboxylic acids is 2. The van der Waals surface area contributed by atoms with E-state index in [2.05, 4.69) is 25.7 Å². The summed E-state index contributed by atoms with van der Waals surface area (Å²) in [6.07, 6.45) is 4.62. The first-order valence-corrected chi connectivity index (χ1v) is 7.39. The second kappa shape index (κ2) is 26.3. The molecular weight excluding hydrogens is 252 g/mol. The number of allylic oxidation sites excluding steroid dienone is 1. The van der Waals surface area contributed by atoms with E-state index in [-0.39, 0.29) is 5.91 Å². The van der Waals surface area contributed by atoms with Crippen molar-refractivity contribution in [2.45, 2.75) is 67.2 Å². The molecule has 0 aliphatic rings. The van der Waals surface area contributed by atoms with Crippen LogP contribution in [0.15, 0.2) is 12.2 Å². The molecule has 0 aromatic rings. The van der Waals surface area contributed by atoms with E-state index in [1.54, 1.807) is 7.05 Å². The summed E-state index contributed by atoms with van der Waals surface area (Å²) in [5.41, 5.74) is 6.11. The van der Waals surface area contributed by atoms with Gasteiger partial charge in [0.05, 0.1) is 0 Å². The van der Waals surface area contributed by atoms with Crippen molar-refractivity contribution >= 4 is 12.3 Å². The van der Waals surface area contributed by atoms with Crippen LogP contribution in [-0.2, 0) is 9.59 Å². The Morgan fingerprint density at radius 2 is 1.60 bits per heavy atom. The van der Waals surface area contributed by atoms with Gasteiger partial charge in [0, 0.05) is 13.5 Å². The lowest BCUT2D eigenvalue weighted by molar-refractivity contribution is -0.118. The van der Waals surface area contributed by atoms with Gasteiger partial charge in [-0.15, -0.1) is 6.58 Å². The molecule has 4 heteroatoms. The van der Waals surface area contributed by atoms with E-state index in [1.807, 2.05) is 27.7 Å². The minimum atomic E-state index is -0.228. The fourth-order valence-corrected chi connectivity index (χ4v) is 1.01. The van der Waals surface area contributed by atoms with Crippen LogP contribution in [0.5, 0.6) is 0 Å². The van der Waals surface area contributed by atoms with E-state index in [0.717, 1.165) is 12.0 Å². The van der Waals surface area contributed by atoms with Crippen molar-refractivity contribution in [1.29, 1.82) is 0 Å². The summed E-state index contributed by atoms with van der Waals surface area (Å²) >= 11 is 0. The molecule has 0 fully saturated rings. The van der Waals surface area contributed by atoms with E-state index in [4.69, 9.17) is 10.5 Å². The van der Waals surface area contributed by atoms with E-state index in [1.165, 1.54) is 12.8 Å². The Morgan fingerprint density at radius 3 is 1.75 bits per heavy atom. The van der Waals surface area contributed by atoms with Gasteiger partial charge in [0.25, 0.3) is 0 Å². The zero-order valence-electron chi connectivity index (χ0n) is 14.6. The molecule has 0 aliphatic heterocycles. The minimum absolute atomic E-state index is 0.228. The molecule has 0 aliphatic carbocycles. The highest BCUT2D eigenvalue weighted by molar-refractivity contribution is 5.73. The zero-order chi connectivity index (χ0) is 17.0. The maximum absolute atomic E-state index is 10.4. The number of nitrogens with one attached hydrogen (secondary N) is 1.